The van der Waals surface area contributed by atoms with Crippen LogP contribution >= 0.6 is 0 Å². The lowest BCUT2D eigenvalue weighted by Gasteiger charge is -2.22. The molecule has 1 N–H and O–H groups in total. The smallest absolute Gasteiger partial charge is 0.333 e. The number of carbonyl (C=O) groups is 1. The van der Waals surface area contributed by atoms with Crippen LogP contribution in [0, 0.1) is 11.8 Å². The number of fused-ring (bicyclic) bond motifs is 2. The molecule has 2 fully saturated rings. The minimum atomic E-state index is -3.29. The van der Waals surface area contributed by atoms with Crippen molar-refractivity contribution in [1.29, 1.82) is 0 Å². The predicted octanol–water partition coefficient (Wildman–Crippen LogP) is 0.822. The highest BCUT2D eigenvalue weighted by Gasteiger charge is 2.55. The van der Waals surface area contributed by atoms with Crippen molar-refractivity contribution in [1.82, 2.24) is 4.72 Å². The molecule has 0 radical (unpaired) electrons. The van der Waals surface area contributed by atoms with Gasteiger partial charge in [-0.1, -0.05) is 6.58 Å². The third-order valence-electron chi connectivity index (χ3n) is 4.02. The van der Waals surface area contributed by atoms with Crippen molar-refractivity contribution >= 4 is 16.0 Å². The third kappa shape index (κ3) is 2.19. The minimum Gasteiger partial charge on any atom is -0.459 e. The highest BCUT2D eigenvalue weighted by molar-refractivity contribution is 7.90. The molecule has 5 nitrogen and oxygen atoms in total. The molecular formula is C12H19NO4S. The van der Waals surface area contributed by atoms with Gasteiger partial charge in [0, 0.05) is 11.5 Å². The molecule has 0 heterocycles. The van der Waals surface area contributed by atoms with E-state index in [1.165, 1.54) is 7.05 Å². The van der Waals surface area contributed by atoms with Crippen LogP contribution in [0.1, 0.15) is 26.2 Å². The quantitative estimate of drug-likeness (QED) is 0.608. The lowest BCUT2D eigenvalue weighted by Crippen LogP contribution is -2.37. The van der Waals surface area contributed by atoms with Crippen LogP contribution < -0.4 is 4.72 Å². The van der Waals surface area contributed by atoms with Crippen LogP contribution in [0.25, 0.3) is 0 Å². The monoisotopic (exact) mass is 273 g/mol. The van der Waals surface area contributed by atoms with Gasteiger partial charge in [0.25, 0.3) is 0 Å². The Hall–Kier alpha value is -0.880. The van der Waals surface area contributed by atoms with Gasteiger partial charge in [0.1, 0.15) is 6.10 Å². The molecule has 0 aromatic carbocycles. The molecule has 4 unspecified atom stereocenters. The van der Waals surface area contributed by atoms with Gasteiger partial charge in [-0.3, -0.25) is 0 Å². The van der Waals surface area contributed by atoms with Gasteiger partial charge in [0.05, 0.1) is 5.25 Å². The Balaban J connectivity index is 2.12. The third-order valence-corrected chi connectivity index (χ3v) is 6.04. The van der Waals surface area contributed by atoms with Crippen LogP contribution in [0.3, 0.4) is 0 Å². The minimum absolute atomic E-state index is 0.0734. The number of rotatable bonds is 4. The van der Waals surface area contributed by atoms with Crippen molar-refractivity contribution in [3.8, 4) is 0 Å². The van der Waals surface area contributed by atoms with Gasteiger partial charge < -0.3 is 4.74 Å². The van der Waals surface area contributed by atoms with Crippen LogP contribution in [0.2, 0.25) is 0 Å². The largest absolute Gasteiger partial charge is 0.459 e. The summed E-state index contributed by atoms with van der Waals surface area (Å²) in [5, 5.41) is -0.412. The molecule has 2 rings (SSSR count). The molecule has 4 atom stereocenters. The molecule has 2 aliphatic carbocycles. The van der Waals surface area contributed by atoms with Gasteiger partial charge in [0.2, 0.25) is 10.0 Å². The Kier molecular flexibility index (Phi) is 3.51. The van der Waals surface area contributed by atoms with E-state index in [1.54, 1.807) is 6.92 Å². The van der Waals surface area contributed by atoms with Crippen molar-refractivity contribution in [3.63, 3.8) is 0 Å². The van der Waals surface area contributed by atoms with Crippen molar-refractivity contribution in [2.75, 3.05) is 7.05 Å². The summed E-state index contributed by atoms with van der Waals surface area (Å²) in [6, 6.07) is 0. The molecular weight excluding hydrogens is 254 g/mol. The van der Waals surface area contributed by atoms with Crippen LogP contribution in [-0.4, -0.2) is 32.8 Å². The average Bonchev–Trinajstić information content (AvgIpc) is 2.86. The number of sulfonamides is 1. The zero-order valence-electron chi connectivity index (χ0n) is 10.7. The number of hydrogen-bond acceptors (Lipinski definition) is 4. The maximum Gasteiger partial charge on any atom is 0.333 e. The second-order valence-electron chi connectivity index (χ2n) is 5.17. The van der Waals surface area contributed by atoms with Crippen molar-refractivity contribution in [3.05, 3.63) is 12.2 Å². The van der Waals surface area contributed by atoms with Crippen LogP contribution in [-0.2, 0) is 19.6 Å². The Morgan fingerprint density at radius 2 is 2.06 bits per heavy atom. The van der Waals surface area contributed by atoms with Gasteiger partial charge in [-0.05, 0) is 39.2 Å². The summed E-state index contributed by atoms with van der Waals surface area (Å²) in [7, 11) is -1.85. The molecule has 0 saturated heterocycles. The summed E-state index contributed by atoms with van der Waals surface area (Å²) in [6.07, 6.45) is 2.08. The van der Waals surface area contributed by atoms with E-state index in [-0.39, 0.29) is 17.9 Å². The van der Waals surface area contributed by atoms with E-state index < -0.39 is 21.2 Å². The average molecular weight is 273 g/mol. The zero-order valence-corrected chi connectivity index (χ0v) is 11.5. The summed E-state index contributed by atoms with van der Waals surface area (Å²) in [5.74, 6) is -0.390. The second-order valence-corrected chi connectivity index (χ2v) is 7.22. The normalized spacial score (nSPS) is 34.6. The molecule has 0 aromatic heterocycles. The van der Waals surface area contributed by atoms with E-state index in [0.29, 0.717) is 12.0 Å². The molecule has 2 saturated carbocycles. The summed E-state index contributed by atoms with van der Waals surface area (Å²) < 4.78 is 31.7. The molecule has 2 bridgehead atoms. The first-order valence-electron chi connectivity index (χ1n) is 6.15. The Bertz CT molecular complexity index is 470. The van der Waals surface area contributed by atoms with Crippen molar-refractivity contribution in [2.24, 2.45) is 11.8 Å². The Morgan fingerprint density at radius 1 is 1.39 bits per heavy atom. The van der Waals surface area contributed by atoms with Crippen molar-refractivity contribution < 1.29 is 17.9 Å². The number of hydrogen-bond donors (Lipinski definition) is 1. The SMILES string of the molecule is C=C(C)C(=O)OC1CC2CCC1C2S(=O)(=O)NC. The topological polar surface area (TPSA) is 72.5 Å². The first kappa shape index (κ1) is 13.5. The second kappa shape index (κ2) is 4.66. The first-order chi connectivity index (χ1) is 8.36. The van der Waals surface area contributed by atoms with E-state index in [4.69, 9.17) is 4.74 Å². The fourth-order valence-electron chi connectivity index (χ4n) is 3.20. The summed E-state index contributed by atoms with van der Waals surface area (Å²) in [4.78, 5) is 11.5. The molecule has 0 amide bonds. The Labute approximate surface area is 108 Å². The number of carbonyl (C=O) groups excluding carboxylic acids is 1. The highest BCUT2D eigenvalue weighted by atomic mass is 32.2. The maximum atomic E-state index is 12.0. The van der Waals surface area contributed by atoms with E-state index in [1.807, 2.05) is 0 Å². The molecule has 0 spiro atoms. The first-order valence-corrected chi connectivity index (χ1v) is 7.70. The molecule has 0 aromatic rings. The fraction of sp³-hybridized carbons (Fsp3) is 0.750. The summed E-state index contributed by atoms with van der Waals surface area (Å²) in [5.41, 5.74) is 0.353. The van der Waals surface area contributed by atoms with Crippen LogP contribution in [0.15, 0.2) is 12.2 Å². The van der Waals surface area contributed by atoms with E-state index in [9.17, 15) is 13.2 Å². The van der Waals surface area contributed by atoms with Gasteiger partial charge >= 0.3 is 5.97 Å². The highest BCUT2D eigenvalue weighted by Crippen LogP contribution is 2.49. The van der Waals surface area contributed by atoms with E-state index >= 15 is 0 Å². The standard InChI is InChI=1S/C12H19NO4S/c1-7(2)12(14)17-10-6-8-4-5-9(10)11(8)18(15,16)13-3/h8-11,13H,1,4-6H2,2-3H3. The zero-order chi connectivity index (χ0) is 13.5. The van der Waals surface area contributed by atoms with E-state index in [2.05, 4.69) is 11.3 Å². The number of nitrogens with one attached hydrogen (secondary N) is 1. The summed E-state index contributed by atoms with van der Waals surface area (Å²) >= 11 is 0. The lowest BCUT2D eigenvalue weighted by atomic mass is 9.98. The van der Waals surface area contributed by atoms with Gasteiger partial charge in [-0.2, -0.15) is 0 Å². The van der Waals surface area contributed by atoms with Crippen LogP contribution in [0.5, 0.6) is 0 Å². The molecule has 102 valence electrons. The number of esters is 1. The number of ether oxygens (including phenoxy) is 1. The van der Waals surface area contributed by atoms with Gasteiger partial charge in [-0.15, -0.1) is 0 Å². The van der Waals surface area contributed by atoms with Gasteiger partial charge in [-0.25, -0.2) is 17.9 Å². The lowest BCUT2D eigenvalue weighted by molar-refractivity contribution is -0.146. The molecule has 0 aliphatic heterocycles. The summed E-state index contributed by atoms with van der Waals surface area (Å²) in [6.45, 7) is 5.13. The molecule has 2 aliphatic rings. The maximum absolute atomic E-state index is 12.0. The Morgan fingerprint density at radius 3 is 2.61 bits per heavy atom. The fourth-order valence-corrected chi connectivity index (χ4v) is 5.00. The predicted molar refractivity (Wildman–Crippen MR) is 67.3 cm³/mol. The van der Waals surface area contributed by atoms with E-state index in [0.717, 1.165) is 12.8 Å². The van der Waals surface area contributed by atoms with Crippen LogP contribution in [0.4, 0.5) is 0 Å². The van der Waals surface area contributed by atoms with Gasteiger partial charge in [0.15, 0.2) is 0 Å². The van der Waals surface area contributed by atoms with Crippen molar-refractivity contribution in [2.45, 2.75) is 37.5 Å². The molecule has 18 heavy (non-hydrogen) atoms. The molecule has 6 heteroatoms.